The number of phenols is 1. The molecule has 6 rings (SSSR count). The summed E-state index contributed by atoms with van der Waals surface area (Å²) in [6.07, 6.45) is 0. The third kappa shape index (κ3) is 3.54. The Morgan fingerprint density at radius 2 is 1.12 bits per heavy atom. The van der Waals surface area contributed by atoms with Crippen LogP contribution in [-0.2, 0) is 0 Å². The highest BCUT2D eigenvalue weighted by molar-refractivity contribution is 5.96. The molecule has 0 radical (unpaired) electrons. The monoisotopic (exact) mass is 438 g/mol. The zero-order valence-electron chi connectivity index (χ0n) is 18.5. The predicted octanol–water partition coefficient (Wildman–Crippen LogP) is 7.73. The van der Waals surface area contributed by atoms with Gasteiger partial charge in [-0.25, -0.2) is 4.68 Å². The third-order valence-corrected chi connectivity index (χ3v) is 6.14. The van der Waals surface area contributed by atoms with Crippen molar-refractivity contribution in [2.24, 2.45) is 0 Å². The fraction of sp³-hybridized carbons (Fsp3) is 0. The summed E-state index contributed by atoms with van der Waals surface area (Å²) in [6, 6.07) is 42.8. The first-order valence-electron chi connectivity index (χ1n) is 11.3. The zero-order chi connectivity index (χ0) is 22.9. The van der Waals surface area contributed by atoms with Crippen molar-refractivity contribution < 1.29 is 5.11 Å². The topological polar surface area (TPSA) is 38.1 Å². The van der Waals surface area contributed by atoms with Gasteiger partial charge in [0.25, 0.3) is 0 Å². The van der Waals surface area contributed by atoms with E-state index < -0.39 is 0 Å². The fourth-order valence-electron chi connectivity index (χ4n) is 4.47. The molecule has 162 valence electrons. The maximum Gasteiger partial charge on any atom is 0.124 e. The summed E-state index contributed by atoms with van der Waals surface area (Å²) in [4.78, 5) is 0. The van der Waals surface area contributed by atoms with E-state index in [-0.39, 0.29) is 5.75 Å². The molecule has 1 heterocycles. The molecule has 0 fully saturated rings. The number of benzene rings is 5. The van der Waals surface area contributed by atoms with Crippen LogP contribution in [0.1, 0.15) is 0 Å². The summed E-state index contributed by atoms with van der Waals surface area (Å²) in [5, 5.41) is 18.1. The molecule has 0 aliphatic rings. The van der Waals surface area contributed by atoms with Gasteiger partial charge in [0, 0.05) is 11.1 Å². The minimum absolute atomic E-state index is 0.230. The number of para-hydroxylation sites is 2. The van der Waals surface area contributed by atoms with Crippen molar-refractivity contribution in [2.75, 3.05) is 0 Å². The van der Waals surface area contributed by atoms with Gasteiger partial charge in [-0.05, 0) is 64.4 Å². The second-order valence-corrected chi connectivity index (χ2v) is 8.29. The maximum absolute atomic E-state index is 10.6. The van der Waals surface area contributed by atoms with E-state index in [1.54, 1.807) is 6.07 Å². The molecule has 0 atom stereocenters. The Bertz CT molecular complexity index is 1600. The SMILES string of the molecule is Oc1ccccc1-c1cc(-c2cc3ccccc3cc2-c2ccccc2)nn1-c1ccccc1. The first-order valence-corrected chi connectivity index (χ1v) is 11.3. The molecular formula is C31H22N2O. The molecule has 3 heteroatoms. The van der Waals surface area contributed by atoms with E-state index in [0.717, 1.165) is 44.7 Å². The minimum atomic E-state index is 0.230. The van der Waals surface area contributed by atoms with E-state index in [9.17, 15) is 5.11 Å². The number of aromatic hydroxyl groups is 1. The van der Waals surface area contributed by atoms with Crippen molar-refractivity contribution >= 4 is 10.8 Å². The summed E-state index contributed by atoms with van der Waals surface area (Å²) in [6.45, 7) is 0. The average Bonchev–Trinajstić information content (AvgIpc) is 3.34. The van der Waals surface area contributed by atoms with Crippen molar-refractivity contribution in [2.45, 2.75) is 0 Å². The lowest BCUT2D eigenvalue weighted by Gasteiger charge is -2.11. The summed E-state index contributed by atoms with van der Waals surface area (Å²) in [5.41, 5.74) is 6.69. The van der Waals surface area contributed by atoms with Crippen LogP contribution in [0, 0.1) is 0 Å². The van der Waals surface area contributed by atoms with E-state index in [0.29, 0.717) is 0 Å². The molecule has 0 saturated heterocycles. The van der Waals surface area contributed by atoms with E-state index in [4.69, 9.17) is 5.10 Å². The first-order chi connectivity index (χ1) is 16.8. The van der Waals surface area contributed by atoms with Crippen LogP contribution >= 0.6 is 0 Å². The van der Waals surface area contributed by atoms with Gasteiger partial charge in [0.15, 0.2) is 0 Å². The van der Waals surface area contributed by atoms with Gasteiger partial charge in [-0.15, -0.1) is 0 Å². The highest BCUT2D eigenvalue weighted by atomic mass is 16.3. The summed E-state index contributed by atoms with van der Waals surface area (Å²) in [7, 11) is 0. The number of aromatic nitrogens is 2. The van der Waals surface area contributed by atoms with E-state index in [1.807, 2.05) is 59.3 Å². The van der Waals surface area contributed by atoms with Gasteiger partial charge in [-0.3, -0.25) is 0 Å². The fourth-order valence-corrected chi connectivity index (χ4v) is 4.47. The second-order valence-electron chi connectivity index (χ2n) is 8.29. The van der Waals surface area contributed by atoms with Crippen LogP contribution in [0.4, 0.5) is 0 Å². The number of nitrogens with zero attached hydrogens (tertiary/aromatic N) is 2. The molecule has 1 N–H and O–H groups in total. The molecule has 34 heavy (non-hydrogen) atoms. The van der Waals surface area contributed by atoms with Gasteiger partial charge >= 0.3 is 0 Å². The molecule has 0 saturated carbocycles. The number of phenolic OH excluding ortho intramolecular Hbond substituents is 1. The minimum Gasteiger partial charge on any atom is -0.507 e. The van der Waals surface area contributed by atoms with Crippen molar-refractivity contribution in [3.05, 3.63) is 127 Å². The molecule has 0 bridgehead atoms. The predicted molar refractivity (Wildman–Crippen MR) is 139 cm³/mol. The number of rotatable bonds is 4. The molecule has 0 aliphatic heterocycles. The lowest BCUT2D eigenvalue weighted by Crippen LogP contribution is -1.99. The molecule has 0 amide bonds. The molecule has 0 spiro atoms. The molecular weight excluding hydrogens is 416 g/mol. The standard InChI is InChI=1S/C31H22N2O/c34-31-18-10-9-17-26(31)30-21-29(32-33(30)25-15-5-2-6-16-25)28-20-24-14-8-7-13-23(24)19-27(28)22-11-3-1-4-12-22/h1-21,34H. The van der Waals surface area contributed by atoms with Gasteiger partial charge in [0.2, 0.25) is 0 Å². The summed E-state index contributed by atoms with van der Waals surface area (Å²) < 4.78 is 1.91. The maximum atomic E-state index is 10.6. The van der Waals surface area contributed by atoms with Gasteiger partial charge in [-0.2, -0.15) is 5.10 Å². The third-order valence-electron chi connectivity index (χ3n) is 6.14. The van der Waals surface area contributed by atoms with Crippen LogP contribution < -0.4 is 0 Å². The Morgan fingerprint density at radius 3 is 1.82 bits per heavy atom. The van der Waals surface area contributed by atoms with Crippen molar-refractivity contribution in [3.63, 3.8) is 0 Å². The number of hydrogen-bond donors (Lipinski definition) is 1. The molecule has 0 aliphatic carbocycles. The average molecular weight is 439 g/mol. The van der Waals surface area contributed by atoms with E-state index >= 15 is 0 Å². The van der Waals surface area contributed by atoms with Crippen LogP contribution in [-0.4, -0.2) is 14.9 Å². The number of hydrogen-bond acceptors (Lipinski definition) is 2. The lowest BCUT2D eigenvalue weighted by atomic mass is 9.93. The smallest absolute Gasteiger partial charge is 0.124 e. The van der Waals surface area contributed by atoms with Crippen molar-refractivity contribution in [1.29, 1.82) is 0 Å². The molecule has 3 nitrogen and oxygen atoms in total. The summed E-state index contributed by atoms with van der Waals surface area (Å²) in [5.74, 6) is 0.230. The second kappa shape index (κ2) is 8.38. The highest BCUT2D eigenvalue weighted by Gasteiger charge is 2.18. The molecule has 6 aromatic rings. The van der Waals surface area contributed by atoms with Crippen LogP contribution in [0.3, 0.4) is 0 Å². The highest BCUT2D eigenvalue weighted by Crippen LogP contribution is 2.39. The summed E-state index contributed by atoms with van der Waals surface area (Å²) >= 11 is 0. The van der Waals surface area contributed by atoms with Crippen LogP contribution in [0.25, 0.3) is 50.1 Å². The van der Waals surface area contributed by atoms with Gasteiger partial charge < -0.3 is 5.11 Å². The zero-order valence-corrected chi connectivity index (χ0v) is 18.5. The Hall–Kier alpha value is -4.63. The van der Waals surface area contributed by atoms with Gasteiger partial charge in [0.1, 0.15) is 5.75 Å². The van der Waals surface area contributed by atoms with E-state index in [2.05, 4.69) is 66.7 Å². The van der Waals surface area contributed by atoms with E-state index in [1.165, 1.54) is 5.39 Å². The Balaban J connectivity index is 1.64. The molecule has 5 aromatic carbocycles. The van der Waals surface area contributed by atoms with Gasteiger partial charge in [0.05, 0.1) is 17.1 Å². The molecule has 1 aromatic heterocycles. The quantitative estimate of drug-likeness (QED) is 0.306. The largest absolute Gasteiger partial charge is 0.507 e. The first kappa shape index (κ1) is 20.0. The Labute approximate surface area is 198 Å². The normalized spacial score (nSPS) is 11.1. The van der Waals surface area contributed by atoms with Crippen molar-refractivity contribution in [3.8, 4) is 45.1 Å². The molecule has 0 unspecified atom stereocenters. The van der Waals surface area contributed by atoms with Crippen LogP contribution in [0.2, 0.25) is 0 Å². The van der Waals surface area contributed by atoms with Crippen LogP contribution in [0.15, 0.2) is 127 Å². The number of fused-ring (bicyclic) bond motifs is 1. The lowest BCUT2D eigenvalue weighted by molar-refractivity contribution is 0.477. The van der Waals surface area contributed by atoms with Crippen LogP contribution in [0.5, 0.6) is 5.75 Å². The van der Waals surface area contributed by atoms with Crippen molar-refractivity contribution in [1.82, 2.24) is 9.78 Å². The van der Waals surface area contributed by atoms with Gasteiger partial charge in [-0.1, -0.05) is 84.9 Å². The Morgan fingerprint density at radius 1 is 0.529 bits per heavy atom. The Kier molecular flexibility index (Phi) is 4.93.